The third-order valence-corrected chi connectivity index (χ3v) is 6.46. The molecule has 3 heterocycles. The van der Waals surface area contributed by atoms with E-state index in [1.807, 2.05) is 19.1 Å². The molecule has 1 unspecified atom stereocenters. The standard InChI is InChI=1S/C21H22F2N2S/c1-14(21-17(23)6-4-10-24-21)20-16-5-2-3-7-18(16)26-19(20)9-12-25-11-8-15(22)13-25/h2-7,10,14-15H,8-9,11-13H2,1H3/t14?,15-/m1/s1. The van der Waals surface area contributed by atoms with Gasteiger partial charge in [-0.3, -0.25) is 9.88 Å². The van der Waals surface area contributed by atoms with E-state index in [-0.39, 0.29) is 11.7 Å². The molecule has 1 aliphatic heterocycles. The van der Waals surface area contributed by atoms with Gasteiger partial charge >= 0.3 is 0 Å². The Morgan fingerprint density at radius 3 is 2.88 bits per heavy atom. The number of rotatable bonds is 5. The first-order chi connectivity index (χ1) is 12.6. The zero-order chi connectivity index (χ0) is 18.1. The van der Waals surface area contributed by atoms with E-state index in [1.54, 1.807) is 23.6 Å². The van der Waals surface area contributed by atoms with Gasteiger partial charge in [-0.15, -0.1) is 11.3 Å². The van der Waals surface area contributed by atoms with Crippen LogP contribution in [0.1, 0.15) is 35.4 Å². The van der Waals surface area contributed by atoms with E-state index in [0.717, 1.165) is 19.5 Å². The predicted molar refractivity (Wildman–Crippen MR) is 103 cm³/mol. The second kappa shape index (κ2) is 7.41. The summed E-state index contributed by atoms with van der Waals surface area (Å²) in [5.41, 5.74) is 1.65. The molecule has 136 valence electrons. The zero-order valence-electron chi connectivity index (χ0n) is 14.8. The maximum Gasteiger partial charge on any atom is 0.145 e. The second-order valence-electron chi connectivity index (χ2n) is 6.96. The Balaban J connectivity index is 1.68. The van der Waals surface area contributed by atoms with Crippen molar-refractivity contribution in [2.24, 2.45) is 0 Å². The first kappa shape index (κ1) is 17.6. The smallest absolute Gasteiger partial charge is 0.145 e. The average Bonchev–Trinajstić information content (AvgIpc) is 3.22. The first-order valence-corrected chi connectivity index (χ1v) is 9.92. The Hall–Kier alpha value is -1.85. The molecule has 3 aromatic rings. The number of halogens is 2. The molecule has 0 saturated carbocycles. The van der Waals surface area contributed by atoms with Crippen LogP contribution in [0.3, 0.4) is 0 Å². The molecule has 5 heteroatoms. The molecule has 0 amide bonds. The third kappa shape index (κ3) is 3.38. The van der Waals surface area contributed by atoms with Crippen molar-refractivity contribution in [1.82, 2.24) is 9.88 Å². The minimum atomic E-state index is -0.696. The molecule has 2 nitrogen and oxygen atoms in total. The van der Waals surface area contributed by atoms with Gasteiger partial charge in [0.15, 0.2) is 0 Å². The highest BCUT2D eigenvalue weighted by Crippen LogP contribution is 2.39. The van der Waals surface area contributed by atoms with Gasteiger partial charge in [0.05, 0.1) is 5.69 Å². The molecule has 0 radical (unpaired) electrons. The van der Waals surface area contributed by atoms with Gasteiger partial charge < -0.3 is 0 Å². The van der Waals surface area contributed by atoms with Gasteiger partial charge in [0.25, 0.3) is 0 Å². The van der Waals surface area contributed by atoms with Crippen LogP contribution in [0.4, 0.5) is 8.78 Å². The van der Waals surface area contributed by atoms with Gasteiger partial charge in [0.2, 0.25) is 0 Å². The summed E-state index contributed by atoms with van der Waals surface area (Å²) < 4.78 is 29.0. The Labute approximate surface area is 156 Å². The Morgan fingerprint density at radius 2 is 2.12 bits per heavy atom. The molecule has 0 aliphatic carbocycles. The van der Waals surface area contributed by atoms with Crippen LogP contribution < -0.4 is 0 Å². The number of aromatic nitrogens is 1. The van der Waals surface area contributed by atoms with Crippen LogP contribution in [0.15, 0.2) is 42.6 Å². The lowest BCUT2D eigenvalue weighted by Crippen LogP contribution is -2.23. The SMILES string of the molecule is CC(c1ncccc1F)c1c(CCN2CC[C@@H](F)C2)sc2ccccc12. The fourth-order valence-electron chi connectivity index (χ4n) is 3.88. The van der Waals surface area contributed by atoms with Gasteiger partial charge in [-0.05, 0) is 42.0 Å². The van der Waals surface area contributed by atoms with Gasteiger partial charge in [-0.2, -0.15) is 0 Å². The third-order valence-electron chi connectivity index (χ3n) is 5.21. The number of pyridine rings is 1. The molecular weight excluding hydrogens is 350 g/mol. The molecule has 1 aromatic carbocycles. The largest absolute Gasteiger partial charge is 0.300 e. The summed E-state index contributed by atoms with van der Waals surface area (Å²) in [5.74, 6) is -0.379. The lowest BCUT2D eigenvalue weighted by atomic mass is 9.93. The predicted octanol–water partition coefficient (Wildman–Crippen LogP) is 5.17. The van der Waals surface area contributed by atoms with Crippen LogP contribution in [-0.2, 0) is 6.42 Å². The highest BCUT2D eigenvalue weighted by atomic mass is 32.1. The summed E-state index contributed by atoms with van der Waals surface area (Å²) in [6.07, 6.45) is 2.45. The van der Waals surface area contributed by atoms with Crippen LogP contribution >= 0.6 is 11.3 Å². The summed E-state index contributed by atoms with van der Waals surface area (Å²) in [4.78, 5) is 7.74. The number of benzene rings is 1. The van der Waals surface area contributed by atoms with Gasteiger partial charge in [0, 0.05) is 41.3 Å². The van der Waals surface area contributed by atoms with E-state index in [1.165, 1.54) is 26.6 Å². The summed E-state index contributed by atoms with van der Waals surface area (Å²) in [6.45, 7) is 4.23. The maximum atomic E-state index is 14.3. The van der Waals surface area contributed by atoms with Crippen molar-refractivity contribution >= 4 is 21.4 Å². The van der Waals surface area contributed by atoms with Gasteiger partial charge in [-0.25, -0.2) is 8.78 Å². The number of likely N-dealkylation sites (tertiary alicyclic amines) is 1. The number of fused-ring (bicyclic) bond motifs is 1. The quantitative estimate of drug-likeness (QED) is 0.614. The molecular formula is C21H22F2N2S. The van der Waals surface area contributed by atoms with Crippen LogP contribution in [-0.4, -0.2) is 35.7 Å². The first-order valence-electron chi connectivity index (χ1n) is 9.10. The topological polar surface area (TPSA) is 16.1 Å². The van der Waals surface area contributed by atoms with Crippen LogP contribution in [0.25, 0.3) is 10.1 Å². The number of nitrogens with zero attached hydrogens (tertiary/aromatic N) is 2. The van der Waals surface area contributed by atoms with Crippen molar-refractivity contribution in [3.8, 4) is 0 Å². The summed E-state index contributed by atoms with van der Waals surface area (Å²) in [6, 6.07) is 11.4. The molecule has 26 heavy (non-hydrogen) atoms. The fraction of sp³-hybridized carbons (Fsp3) is 0.381. The lowest BCUT2D eigenvalue weighted by Gasteiger charge is -2.17. The lowest BCUT2D eigenvalue weighted by molar-refractivity contribution is 0.290. The van der Waals surface area contributed by atoms with E-state index in [9.17, 15) is 8.78 Å². The fourth-order valence-corrected chi connectivity index (χ4v) is 5.17. The molecule has 1 aliphatic rings. The van der Waals surface area contributed by atoms with E-state index < -0.39 is 6.17 Å². The monoisotopic (exact) mass is 372 g/mol. The Morgan fingerprint density at radius 1 is 1.27 bits per heavy atom. The molecule has 2 atom stereocenters. The molecule has 2 aromatic heterocycles. The normalized spacial score (nSPS) is 19.3. The van der Waals surface area contributed by atoms with Crippen molar-refractivity contribution in [3.05, 3.63) is 64.5 Å². The van der Waals surface area contributed by atoms with Crippen LogP contribution in [0.2, 0.25) is 0 Å². The Bertz CT molecular complexity index is 908. The summed E-state index contributed by atoms with van der Waals surface area (Å²) in [5, 5.41) is 1.18. The summed E-state index contributed by atoms with van der Waals surface area (Å²) in [7, 11) is 0. The van der Waals surface area contributed by atoms with Gasteiger partial charge in [0.1, 0.15) is 12.0 Å². The highest BCUT2D eigenvalue weighted by Gasteiger charge is 2.25. The van der Waals surface area contributed by atoms with E-state index >= 15 is 0 Å². The van der Waals surface area contributed by atoms with E-state index in [2.05, 4.69) is 22.0 Å². The van der Waals surface area contributed by atoms with Gasteiger partial charge in [-0.1, -0.05) is 25.1 Å². The highest BCUT2D eigenvalue weighted by molar-refractivity contribution is 7.19. The van der Waals surface area contributed by atoms with Crippen molar-refractivity contribution in [2.45, 2.75) is 31.9 Å². The minimum Gasteiger partial charge on any atom is -0.300 e. The molecule has 0 bridgehead atoms. The Kier molecular flexibility index (Phi) is 5.00. The minimum absolute atomic E-state index is 0.116. The zero-order valence-corrected chi connectivity index (χ0v) is 15.6. The molecule has 0 spiro atoms. The number of hydrogen-bond acceptors (Lipinski definition) is 3. The van der Waals surface area contributed by atoms with Crippen molar-refractivity contribution in [1.29, 1.82) is 0 Å². The molecule has 1 saturated heterocycles. The van der Waals surface area contributed by atoms with Crippen molar-refractivity contribution in [2.75, 3.05) is 19.6 Å². The number of thiophene rings is 1. The van der Waals surface area contributed by atoms with Crippen LogP contribution in [0.5, 0.6) is 0 Å². The van der Waals surface area contributed by atoms with E-state index in [0.29, 0.717) is 18.7 Å². The number of alkyl halides is 1. The van der Waals surface area contributed by atoms with Crippen LogP contribution in [0, 0.1) is 5.82 Å². The maximum absolute atomic E-state index is 14.3. The molecule has 4 rings (SSSR count). The van der Waals surface area contributed by atoms with E-state index in [4.69, 9.17) is 0 Å². The summed E-state index contributed by atoms with van der Waals surface area (Å²) >= 11 is 1.77. The van der Waals surface area contributed by atoms with Crippen molar-refractivity contribution < 1.29 is 8.78 Å². The number of hydrogen-bond donors (Lipinski definition) is 0. The second-order valence-corrected chi connectivity index (χ2v) is 8.10. The molecule has 1 fully saturated rings. The van der Waals surface area contributed by atoms with Crippen molar-refractivity contribution in [3.63, 3.8) is 0 Å². The molecule has 0 N–H and O–H groups in total. The average molecular weight is 372 g/mol.